The van der Waals surface area contributed by atoms with Gasteiger partial charge in [-0.3, -0.25) is 4.98 Å². The SMILES string of the molecule is C[C@@H](Cc1ccc(O)cc1)NC(=O)NCc1ccccn1. The maximum absolute atomic E-state index is 11.8. The first-order valence-corrected chi connectivity index (χ1v) is 6.85. The molecule has 0 unspecified atom stereocenters. The van der Waals surface area contributed by atoms with Crippen LogP contribution in [0.3, 0.4) is 0 Å². The van der Waals surface area contributed by atoms with Crippen molar-refractivity contribution in [1.82, 2.24) is 15.6 Å². The van der Waals surface area contributed by atoms with Crippen LogP contribution in [0.2, 0.25) is 0 Å². The second-order valence-corrected chi connectivity index (χ2v) is 4.92. The molecule has 0 radical (unpaired) electrons. The summed E-state index contributed by atoms with van der Waals surface area (Å²) in [6.45, 7) is 2.34. The predicted octanol–water partition coefficient (Wildman–Crippen LogP) is 2.22. The highest BCUT2D eigenvalue weighted by molar-refractivity contribution is 5.74. The van der Waals surface area contributed by atoms with E-state index in [1.54, 1.807) is 18.3 Å². The zero-order valence-corrected chi connectivity index (χ0v) is 11.9. The third kappa shape index (κ3) is 5.14. The van der Waals surface area contributed by atoms with Gasteiger partial charge in [0, 0.05) is 12.2 Å². The Hall–Kier alpha value is -2.56. The summed E-state index contributed by atoms with van der Waals surface area (Å²) in [4.78, 5) is 15.9. The molecule has 5 nitrogen and oxygen atoms in total. The molecule has 0 saturated heterocycles. The molecule has 5 heteroatoms. The fourth-order valence-corrected chi connectivity index (χ4v) is 1.98. The zero-order chi connectivity index (χ0) is 15.1. The van der Waals surface area contributed by atoms with Crippen LogP contribution >= 0.6 is 0 Å². The van der Waals surface area contributed by atoms with Gasteiger partial charge in [-0.1, -0.05) is 18.2 Å². The number of phenolic OH excluding ortho intramolecular Hbond substituents is 1. The molecule has 1 aromatic heterocycles. The quantitative estimate of drug-likeness (QED) is 0.788. The minimum absolute atomic E-state index is 0.00160. The molecule has 0 spiro atoms. The van der Waals surface area contributed by atoms with Crippen LogP contribution in [0.25, 0.3) is 0 Å². The van der Waals surface area contributed by atoms with E-state index in [9.17, 15) is 9.90 Å². The van der Waals surface area contributed by atoms with Crippen molar-refractivity contribution < 1.29 is 9.90 Å². The topological polar surface area (TPSA) is 74.2 Å². The summed E-state index contributed by atoms with van der Waals surface area (Å²) in [5.41, 5.74) is 1.88. The molecule has 0 aliphatic rings. The van der Waals surface area contributed by atoms with Crippen LogP contribution in [0.15, 0.2) is 48.7 Å². The number of hydrogen-bond donors (Lipinski definition) is 3. The van der Waals surface area contributed by atoms with Gasteiger partial charge in [-0.2, -0.15) is 0 Å². The summed E-state index contributed by atoms with van der Waals surface area (Å²) in [5.74, 6) is 0.243. The van der Waals surface area contributed by atoms with Gasteiger partial charge in [0.15, 0.2) is 0 Å². The van der Waals surface area contributed by atoms with Gasteiger partial charge in [-0.25, -0.2) is 4.79 Å². The summed E-state index contributed by atoms with van der Waals surface area (Å²) in [7, 11) is 0. The van der Waals surface area contributed by atoms with Crippen molar-refractivity contribution in [1.29, 1.82) is 0 Å². The predicted molar refractivity (Wildman–Crippen MR) is 80.9 cm³/mol. The first-order chi connectivity index (χ1) is 10.1. The van der Waals surface area contributed by atoms with Gasteiger partial charge in [0.05, 0.1) is 12.2 Å². The largest absolute Gasteiger partial charge is 0.508 e. The van der Waals surface area contributed by atoms with Crippen LogP contribution in [-0.4, -0.2) is 22.2 Å². The summed E-state index contributed by atoms with van der Waals surface area (Å²) in [6, 6.07) is 12.3. The van der Waals surface area contributed by atoms with Gasteiger partial charge in [-0.05, 0) is 43.2 Å². The zero-order valence-electron chi connectivity index (χ0n) is 11.9. The minimum Gasteiger partial charge on any atom is -0.508 e. The Labute approximate surface area is 124 Å². The standard InChI is InChI=1S/C16H19N3O2/c1-12(10-13-5-7-15(20)8-6-13)19-16(21)18-11-14-4-2-3-9-17-14/h2-9,12,20H,10-11H2,1H3,(H2,18,19,21)/t12-/m0/s1. The summed E-state index contributed by atoms with van der Waals surface area (Å²) >= 11 is 0. The fourth-order valence-electron chi connectivity index (χ4n) is 1.98. The smallest absolute Gasteiger partial charge is 0.315 e. The molecule has 2 amide bonds. The average molecular weight is 285 g/mol. The Kier molecular flexibility index (Phi) is 5.15. The van der Waals surface area contributed by atoms with E-state index < -0.39 is 0 Å². The Bertz CT molecular complexity index is 570. The summed E-state index contributed by atoms with van der Waals surface area (Å²) < 4.78 is 0. The highest BCUT2D eigenvalue weighted by Crippen LogP contribution is 2.11. The summed E-state index contributed by atoms with van der Waals surface area (Å²) in [5, 5.41) is 14.9. The number of nitrogens with one attached hydrogen (secondary N) is 2. The number of amides is 2. The Morgan fingerprint density at radius 3 is 2.67 bits per heavy atom. The van der Waals surface area contributed by atoms with Crippen molar-refractivity contribution in [3.63, 3.8) is 0 Å². The Morgan fingerprint density at radius 1 is 1.24 bits per heavy atom. The van der Waals surface area contributed by atoms with E-state index in [0.717, 1.165) is 11.3 Å². The number of hydrogen-bond acceptors (Lipinski definition) is 3. The molecule has 2 rings (SSSR count). The molecule has 1 aromatic carbocycles. The first-order valence-electron chi connectivity index (χ1n) is 6.85. The maximum Gasteiger partial charge on any atom is 0.315 e. The first kappa shape index (κ1) is 14.8. The van der Waals surface area contributed by atoms with E-state index in [4.69, 9.17) is 0 Å². The van der Waals surface area contributed by atoms with Crippen LogP contribution in [0.4, 0.5) is 4.79 Å². The van der Waals surface area contributed by atoms with Crippen LogP contribution in [-0.2, 0) is 13.0 Å². The molecule has 0 aliphatic carbocycles. The lowest BCUT2D eigenvalue weighted by atomic mass is 10.1. The molecule has 2 aromatic rings. The van der Waals surface area contributed by atoms with Crippen molar-refractivity contribution in [3.8, 4) is 5.75 Å². The second-order valence-electron chi connectivity index (χ2n) is 4.92. The van der Waals surface area contributed by atoms with Gasteiger partial charge < -0.3 is 15.7 Å². The molecular formula is C16H19N3O2. The Morgan fingerprint density at radius 2 is 2.00 bits per heavy atom. The van der Waals surface area contributed by atoms with E-state index in [0.29, 0.717) is 13.0 Å². The number of aromatic hydroxyl groups is 1. The Balaban J connectivity index is 1.75. The molecule has 0 bridgehead atoms. The number of urea groups is 1. The molecule has 21 heavy (non-hydrogen) atoms. The number of aromatic nitrogens is 1. The highest BCUT2D eigenvalue weighted by atomic mass is 16.3. The van der Waals surface area contributed by atoms with Crippen LogP contribution < -0.4 is 10.6 Å². The number of benzene rings is 1. The maximum atomic E-state index is 11.8. The molecule has 1 atom stereocenters. The third-order valence-electron chi connectivity index (χ3n) is 3.01. The average Bonchev–Trinajstić information content (AvgIpc) is 2.48. The summed E-state index contributed by atoms with van der Waals surface area (Å²) in [6.07, 6.45) is 2.40. The van der Waals surface area contributed by atoms with E-state index in [2.05, 4.69) is 15.6 Å². The van der Waals surface area contributed by atoms with Crippen molar-refractivity contribution in [3.05, 3.63) is 59.9 Å². The van der Waals surface area contributed by atoms with E-state index in [-0.39, 0.29) is 17.8 Å². The fraction of sp³-hybridized carbons (Fsp3) is 0.250. The van der Waals surface area contributed by atoms with Crippen molar-refractivity contribution in [2.24, 2.45) is 0 Å². The number of rotatable bonds is 5. The van der Waals surface area contributed by atoms with Crippen molar-refractivity contribution in [2.75, 3.05) is 0 Å². The van der Waals surface area contributed by atoms with Gasteiger partial charge in [0.1, 0.15) is 5.75 Å². The molecular weight excluding hydrogens is 266 g/mol. The van der Waals surface area contributed by atoms with Gasteiger partial charge in [-0.15, -0.1) is 0 Å². The van der Waals surface area contributed by atoms with Gasteiger partial charge in [0.2, 0.25) is 0 Å². The van der Waals surface area contributed by atoms with E-state index >= 15 is 0 Å². The number of pyridine rings is 1. The molecule has 0 saturated carbocycles. The minimum atomic E-state index is -0.216. The van der Waals surface area contributed by atoms with Crippen LogP contribution in [0.1, 0.15) is 18.2 Å². The van der Waals surface area contributed by atoms with Gasteiger partial charge in [0.25, 0.3) is 0 Å². The molecule has 0 aliphatic heterocycles. The lowest BCUT2D eigenvalue weighted by molar-refractivity contribution is 0.237. The lowest BCUT2D eigenvalue weighted by Gasteiger charge is -2.14. The third-order valence-corrected chi connectivity index (χ3v) is 3.01. The molecule has 3 N–H and O–H groups in total. The number of nitrogens with zero attached hydrogens (tertiary/aromatic N) is 1. The van der Waals surface area contributed by atoms with Crippen molar-refractivity contribution >= 4 is 6.03 Å². The number of carbonyl (C=O) groups is 1. The van der Waals surface area contributed by atoms with E-state index in [1.165, 1.54) is 0 Å². The monoisotopic (exact) mass is 285 g/mol. The van der Waals surface area contributed by atoms with Crippen LogP contribution in [0.5, 0.6) is 5.75 Å². The number of carbonyl (C=O) groups excluding carboxylic acids is 1. The molecule has 0 fully saturated rings. The molecule has 1 heterocycles. The van der Waals surface area contributed by atoms with Crippen LogP contribution in [0, 0.1) is 0 Å². The highest BCUT2D eigenvalue weighted by Gasteiger charge is 2.08. The van der Waals surface area contributed by atoms with Crippen molar-refractivity contribution in [2.45, 2.75) is 25.9 Å². The molecule has 110 valence electrons. The van der Waals surface area contributed by atoms with E-state index in [1.807, 2.05) is 37.3 Å². The normalized spacial score (nSPS) is 11.7. The number of phenols is 1. The lowest BCUT2D eigenvalue weighted by Crippen LogP contribution is -2.41. The second kappa shape index (κ2) is 7.28. The van der Waals surface area contributed by atoms with Gasteiger partial charge >= 0.3 is 6.03 Å².